The van der Waals surface area contributed by atoms with Crippen LogP contribution in [0.4, 0.5) is 11.4 Å². The zero-order chi connectivity index (χ0) is 22.0. The number of thiophene rings is 1. The number of rotatable bonds is 3. The van der Waals surface area contributed by atoms with Crippen LogP contribution in [-0.4, -0.2) is 29.6 Å². The maximum Gasteiger partial charge on any atom is 0.238 e. The summed E-state index contributed by atoms with van der Waals surface area (Å²) in [6.07, 6.45) is 3.99. The summed E-state index contributed by atoms with van der Waals surface area (Å²) >= 11 is 1.35. The van der Waals surface area contributed by atoms with E-state index in [4.69, 9.17) is 0 Å². The standard InChI is InChI=1S/C26H20N2O3S/c1-15(29)23-22(24(30)20-11-6-14-32-20)26(17-8-3-4-9-18(17)27-25(26)31)21-13-12-16-7-2-5-10-19(16)28(21)23/h2-14,21-23H,1H3,(H,27,31)/t21-,22-,23+,26+/m1/s1. The number of hydrogen-bond acceptors (Lipinski definition) is 5. The Balaban J connectivity index is 1.68. The molecule has 3 aliphatic rings. The Morgan fingerprint density at radius 3 is 2.59 bits per heavy atom. The van der Waals surface area contributed by atoms with Crippen molar-refractivity contribution >= 4 is 46.3 Å². The van der Waals surface area contributed by atoms with E-state index in [9.17, 15) is 14.4 Å². The van der Waals surface area contributed by atoms with Crippen molar-refractivity contribution in [2.45, 2.75) is 24.4 Å². The molecule has 0 saturated carbocycles. The largest absolute Gasteiger partial charge is 0.352 e. The monoisotopic (exact) mass is 440 g/mol. The molecule has 1 N–H and O–H groups in total. The van der Waals surface area contributed by atoms with Crippen LogP contribution in [0, 0.1) is 5.92 Å². The molecule has 4 atom stereocenters. The lowest BCUT2D eigenvalue weighted by atomic mass is 9.65. The maximum atomic E-state index is 14.0. The molecule has 5 nitrogen and oxygen atoms in total. The first-order chi connectivity index (χ1) is 15.5. The molecule has 1 fully saturated rings. The average Bonchev–Trinajstić information content (AvgIpc) is 3.50. The normalized spacial score (nSPS) is 27.1. The molecule has 3 aromatic rings. The van der Waals surface area contributed by atoms with Crippen molar-refractivity contribution in [3.8, 4) is 0 Å². The molecular formula is C26H20N2O3S. The number of para-hydroxylation sites is 2. The van der Waals surface area contributed by atoms with Gasteiger partial charge in [0.1, 0.15) is 5.41 Å². The molecule has 6 heteroatoms. The number of Topliss-reactive ketones (excluding diaryl/α,β-unsaturated/α-hetero) is 2. The van der Waals surface area contributed by atoms with Gasteiger partial charge in [-0.3, -0.25) is 14.4 Å². The van der Waals surface area contributed by atoms with E-state index in [-0.39, 0.29) is 17.5 Å². The first kappa shape index (κ1) is 19.2. The van der Waals surface area contributed by atoms with E-state index in [1.54, 1.807) is 6.07 Å². The highest BCUT2D eigenvalue weighted by molar-refractivity contribution is 7.12. The third kappa shape index (κ3) is 2.30. The second-order valence-electron chi connectivity index (χ2n) is 8.51. The average molecular weight is 441 g/mol. The molecule has 2 aromatic carbocycles. The van der Waals surface area contributed by atoms with Crippen molar-refractivity contribution in [2.24, 2.45) is 5.92 Å². The van der Waals surface area contributed by atoms with Gasteiger partial charge in [-0.2, -0.15) is 0 Å². The van der Waals surface area contributed by atoms with Crippen LogP contribution in [0.5, 0.6) is 0 Å². The second kappa shape index (κ2) is 6.74. The molecule has 6 rings (SSSR count). The van der Waals surface area contributed by atoms with Crippen molar-refractivity contribution in [3.05, 3.63) is 88.1 Å². The van der Waals surface area contributed by atoms with E-state index < -0.39 is 23.4 Å². The van der Waals surface area contributed by atoms with Crippen molar-refractivity contribution < 1.29 is 14.4 Å². The fourth-order valence-corrected chi connectivity index (χ4v) is 6.55. The Bertz CT molecular complexity index is 1310. The van der Waals surface area contributed by atoms with Gasteiger partial charge < -0.3 is 10.2 Å². The van der Waals surface area contributed by atoms with Gasteiger partial charge in [-0.25, -0.2) is 0 Å². The molecule has 1 spiro atoms. The smallest absolute Gasteiger partial charge is 0.238 e. The fourth-order valence-electron chi connectivity index (χ4n) is 5.84. The number of fused-ring (bicyclic) bond motifs is 6. The topological polar surface area (TPSA) is 66.5 Å². The van der Waals surface area contributed by atoms with E-state index in [1.165, 1.54) is 18.3 Å². The third-order valence-electron chi connectivity index (χ3n) is 7.00. The number of hydrogen-bond donors (Lipinski definition) is 1. The lowest BCUT2D eigenvalue weighted by Crippen LogP contribution is -2.51. The molecular weight excluding hydrogens is 420 g/mol. The Kier molecular flexibility index (Phi) is 4.04. The Morgan fingerprint density at radius 1 is 1.03 bits per heavy atom. The van der Waals surface area contributed by atoms with Crippen LogP contribution in [-0.2, 0) is 15.0 Å². The molecule has 0 radical (unpaired) electrons. The van der Waals surface area contributed by atoms with Crippen molar-refractivity contribution in [1.82, 2.24) is 0 Å². The molecule has 1 saturated heterocycles. The Labute approximate surface area is 189 Å². The van der Waals surface area contributed by atoms with Gasteiger partial charge >= 0.3 is 0 Å². The molecule has 4 heterocycles. The molecule has 0 aliphatic carbocycles. The zero-order valence-corrected chi connectivity index (χ0v) is 18.1. The molecule has 158 valence electrons. The van der Waals surface area contributed by atoms with Gasteiger partial charge in [0.15, 0.2) is 11.6 Å². The van der Waals surface area contributed by atoms with Gasteiger partial charge in [0, 0.05) is 11.4 Å². The van der Waals surface area contributed by atoms with E-state index in [1.807, 2.05) is 77.0 Å². The summed E-state index contributed by atoms with van der Waals surface area (Å²) in [6, 6.07) is 17.8. The highest BCUT2D eigenvalue weighted by atomic mass is 32.1. The van der Waals surface area contributed by atoms with Crippen LogP contribution in [0.25, 0.3) is 6.08 Å². The zero-order valence-electron chi connectivity index (χ0n) is 17.3. The SMILES string of the molecule is CC(=O)[C@H]1[C@H](C(=O)c2cccs2)[C@@]2(C(=O)Nc3ccccc32)[C@H]2C=Cc3ccccc3N12. The maximum absolute atomic E-state index is 14.0. The number of anilines is 2. The summed E-state index contributed by atoms with van der Waals surface area (Å²) in [5.41, 5.74) is 2.14. The number of amides is 1. The minimum Gasteiger partial charge on any atom is -0.352 e. The molecule has 32 heavy (non-hydrogen) atoms. The Morgan fingerprint density at radius 2 is 1.81 bits per heavy atom. The van der Waals surface area contributed by atoms with Crippen molar-refractivity contribution in [3.63, 3.8) is 0 Å². The summed E-state index contributed by atoms with van der Waals surface area (Å²) < 4.78 is 0. The van der Waals surface area contributed by atoms with Crippen LogP contribution in [0.15, 0.2) is 72.1 Å². The first-order valence-corrected chi connectivity index (χ1v) is 11.5. The van der Waals surface area contributed by atoms with Crippen LogP contribution < -0.4 is 10.2 Å². The van der Waals surface area contributed by atoms with E-state index in [0.717, 1.165) is 16.8 Å². The highest BCUT2D eigenvalue weighted by Crippen LogP contribution is 2.57. The number of benzene rings is 2. The predicted molar refractivity (Wildman–Crippen MR) is 125 cm³/mol. The van der Waals surface area contributed by atoms with Crippen LogP contribution in [0.3, 0.4) is 0 Å². The summed E-state index contributed by atoms with van der Waals surface area (Å²) in [6.45, 7) is 1.52. The van der Waals surface area contributed by atoms with Crippen LogP contribution >= 0.6 is 11.3 Å². The summed E-state index contributed by atoms with van der Waals surface area (Å²) in [4.78, 5) is 43.6. The molecule has 3 aliphatic heterocycles. The summed E-state index contributed by atoms with van der Waals surface area (Å²) in [7, 11) is 0. The fraction of sp³-hybridized carbons (Fsp3) is 0.192. The van der Waals surface area contributed by atoms with Crippen molar-refractivity contribution in [2.75, 3.05) is 10.2 Å². The lowest BCUT2D eigenvalue weighted by molar-refractivity contribution is -0.122. The van der Waals surface area contributed by atoms with Crippen molar-refractivity contribution in [1.29, 1.82) is 0 Å². The van der Waals surface area contributed by atoms with Gasteiger partial charge in [0.2, 0.25) is 5.91 Å². The number of ketones is 2. The van der Waals surface area contributed by atoms with E-state index >= 15 is 0 Å². The summed E-state index contributed by atoms with van der Waals surface area (Å²) in [5, 5.41) is 4.87. The summed E-state index contributed by atoms with van der Waals surface area (Å²) in [5.74, 6) is -1.35. The second-order valence-corrected chi connectivity index (χ2v) is 9.46. The minimum absolute atomic E-state index is 0.121. The van der Waals surface area contributed by atoms with Gasteiger partial charge in [0.25, 0.3) is 0 Å². The number of carbonyl (C=O) groups excluding carboxylic acids is 3. The lowest BCUT2D eigenvalue weighted by Gasteiger charge is -2.37. The molecule has 0 bridgehead atoms. The van der Waals surface area contributed by atoms with Crippen LogP contribution in [0.2, 0.25) is 0 Å². The minimum atomic E-state index is -1.20. The number of carbonyl (C=O) groups is 3. The third-order valence-corrected chi connectivity index (χ3v) is 7.89. The van der Waals surface area contributed by atoms with E-state index in [0.29, 0.717) is 10.6 Å². The molecule has 0 unspecified atom stereocenters. The molecule has 1 aromatic heterocycles. The van der Waals surface area contributed by atoms with Crippen LogP contribution in [0.1, 0.15) is 27.7 Å². The first-order valence-electron chi connectivity index (χ1n) is 10.6. The highest BCUT2D eigenvalue weighted by Gasteiger charge is 2.69. The molecule has 1 amide bonds. The van der Waals surface area contributed by atoms with Gasteiger partial charge in [-0.15, -0.1) is 11.3 Å². The van der Waals surface area contributed by atoms with E-state index in [2.05, 4.69) is 5.32 Å². The van der Waals surface area contributed by atoms with Gasteiger partial charge in [0.05, 0.1) is 22.9 Å². The Hall–Kier alpha value is -3.51. The van der Waals surface area contributed by atoms with Gasteiger partial charge in [-0.1, -0.05) is 54.6 Å². The number of nitrogens with one attached hydrogen (secondary N) is 1. The van der Waals surface area contributed by atoms with Gasteiger partial charge in [-0.05, 0) is 41.6 Å². The predicted octanol–water partition coefficient (Wildman–Crippen LogP) is 4.31. The quantitative estimate of drug-likeness (QED) is 0.617. The number of nitrogens with zero attached hydrogens (tertiary/aromatic N) is 1.